The van der Waals surface area contributed by atoms with Gasteiger partial charge in [0, 0.05) is 13.1 Å². The molecule has 0 rings (SSSR count). The molecule has 0 aromatic rings. The third kappa shape index (κ3) is 5.86. The number of nitrogens with zero attached hydrogens (tertiary/aromatic N) is 1. The predicted molar refractivity (Wildman–Crippen MR) is 70.6 cm³/mol. The van der Waals surface area contributed by atoms with Crippen molar-refractivity contribution in [1.82, 2.24) is 4.90 Å². The van der Waals surface area contributed by atoms with Gasteiger partial charge in [0.2, 0.25) is 0 Å². The largest absolute Gasteiger partial charge is 0.298 e. The highest BCUT2D eigenvalue weighted by molar-refractivity contribution is 5.81. The minimum atomic E-state index is 0.0301. The molecular weight excluding hydrogens is 198 g/mol. The van der Waals surface area contributed by atoms with Gasteiger partial charge in [0.1, 0.15) is 5.78 Å². The molecule has 0 heterocycles. The standard InChI is InChI=1S/C14H25NO/c1-5-8-9-10-14(13(4)16)15(11-6-2)12-7-3/h6-7,14H,2-3,5,8-12H2,1,4H3. The summed E-state index contributed by atoms with van der Waals surface area (Å²) in [5.74, 6) is 0.250. The Balaban J connectivity index is 4.37. The summed E-state index contributed by atoms with van der Waals surface area (Å²) in [6.07, 6.45) is 8.14. The fourth-order valence-electron chi connectivity index (χ4n) is 1.89. The van der Waals surface area contributed by atoms with E-state index in [-0.39, 0.29) is 11.8 Å². The van der Waals surface area contributed by atoms with Crippen LogP contribution in [0.15, 0.2) is 25.3 Å². The summed E-state index contributed by atoms with van der Waals surface area (Å²) >= 11 is 0. The summed E-state index contributed by atoms with van der Waals surface area (Å²) in [7, 11) is 0. The summed E-state index contributed by atoms with van der Waals surface area (Å²) in [4.78, 5) is 13.8. The molecule has 0 amide bonds. The number of hydrogen-bond donors (Lipinski definition) is 0. The van der Waals surface area contributed by atoms with E-state index in [1.165, 1.54) is 12.8 Å². The van der Waals surface area contributed by atoms with Crippen molar-refractivity contribution in [2.45, 2.75) is 45.6 Å². The van der Waals surface area contributed by atoms with Crippen molar-refractivity contribution in [1.29, 1.82) is 0 Å². The van der Waals surface area contributed by atoms with Gasteiger partial charge in [0.15, 0.2) is 0 Å². The average molecular weight is 223 g/mol. The molecule has 1 atom stereocenters. The van der Waals surface area contributed by atoms with E-state index >= 15 is 0 Å². The Morgan fingerprint density at radius 1 is 1.25 bits per heavy atom. The lowest BCUT2D eigenvalue weighted by Gasteiger charge is -2.27. The SMILES string of the molecule is C=CCN(CC=C)C(CCCCC)C(C)=O. The Bertz CT molecular complexity index is 213. The van der Waals surface area contributed by atoms with Crippen LogP contribution in [0.2, 0.25) is 0 Å². The Morgan fingerprint density at radius 3 is 2.19 bits per heavy atom. The maximum Gasteiger partial charge on any atom is 0.146 e. The topological polar surface area (TPSA) is 20.3 Å². The molecule has 2 nitrogen and oxygen atoms in total. The van der Waals surface area contributed by atoms with E-state index in [0.717, 1.165) is 25.9 Å². The van der Waals surface area contributed by atoms with Crippen LogP contribution < -0.4 is 0 Å². The molecule has 0 aliphatic heterocycles. The van der Waals surface area contributed by atoms with E-state index in [2.05, 4.69) is 25.0 Å². The van der Waals surface area contributed by atoms with Gasteiger partial charge < -0.3 is 0 Å². The van der Waals surface area contributed by atoms with Crippen LogP contribution >= 0.6 is 0 Å². The number of hydrogen-bond acceptors (Lipinski definition) is 2. The molecule has 0 spiro atoms. The van der Waals surface area contributed by atoms with Crippen LogP contribution in [0.25, 0.3) is 0 Å². The molecule has 0 N–H and O–H groups in total. The molecule has 1 unspecified atom stereocenters. The van der Waals surface area contributed by atoms with Crippen molar-refractivity contribution < 1.29 is 4.79 Å². The Labute approximate surface area is 100 Å². The van der Waals surface area contributed by atoms with Crippen molar-refractivity contribution in [2.24, 2.45) is 0 Å². The lowest BCUT2D eigenvalue weighted by atomic mass is 10.0. The molecule has 0 radical (unpaired) electrons. The lowest BCUT2D eigenvalue weighted by Crippen LogP contribution is -2.40. The summed E-state index contributed by atoms with van der Waals surface area (Å²) in [6.45, 7) is 12.8. The maximum absolute atomic E-state index is 11.6. The quantitative estimate of drug-likeness (QED) is 0.419. The molecule has 2 heteroatoms. The fraction of sp³-hybridized carbons (Fsp3) is 0.643. The number of ketones is 1. The van der Waals surface area contributed by atoms with E-state index in [4.69, 9.17) is 0 Å². The number of carbonyl (C=O) groups excluding carboxylic acids is 1. The summed E-state index contributed by atoms with van der Waals surface area (Å²) in [5.41, 5.74) is 0. The van der Waals surface area contributed by atoms with Crippen LogP contribution in [0.4, 0.5) is 0 Å². The second kappa shape index (κ2) is 9.34. The van der Waals surface area contributed by atoms with Crippen molar-refractivity contribution in [3.8, 4) is 0 Å². The van der Waals surface area contributed by atoms with Crippen LogP contribution in [-0.4, -0.2) is 29.8 Å². The molecule has 16 heavy (non-hydrogen) atoms. The zero-order valence-electron chi connectivity index (χ0n) is 10.7. The number of carbonyl (C=O) groups is 1. The summed E-state index contributed by atoms with van der Waals surface area (Å²) in [6, 6.07) is 0.0301. The van der Waals surface area contributed by atoms with E-state index in [1.54, 1.807) is 6.92 Å². The number of rotatable bonds is 10. The van der Waals surface area contributed by atoms with E-state index < -0.39 is 0 Å². The van der Waals surface area contributed by atoms with Crippen molar-refractivity contribution in [2.75, 3.05) is 13.1 Å². The zero-order valence-corrected chi connectivity index (χ0v) is 10.7. The van der Waals surface area contributed by atoms with E-state index in [9.17, 15) is 4.79 Å². The molecule has 0 aliphatic carbocycles. The van der Waals surface area contributed by atoms with Crippen LogP contribution in [0.3, 0.4) is 0 Å². The first kappa shape index (κ1) is 15.1. The molecule has 0 bridgehead atoms. The maximum atomic E-state index is 11.6. The summed E-state index contributed by atoms with van der Waals surface area (Å²) < 4.78 is 0. The molecule has 0 fully saturated rings. The first-order chi connectivity index (χ1) is 7.67. The smallest absolute Gasteiger partial charge is 0.146 e. The first-order valence-electron chi connectivity index (χ1n) is 6.13. The molecule has 0 aliphatic rings. The predicted octanol–water partition coefficient (Wildman–Crippen LogP) is 3.20. The van der Waals surface area contributed by atoms with Gasteiger partial charge in [-0.2, -0.15) is 0 Å². The average Bonchev–Trinajstić information content (AvgIpc) is 2.24. The van der Waals surface area contributed by atoms with Crippen LogP contribution in [-0.2, 0) is 4.79 Å². The van der Waals surface area contributed by atoms with Gasteiger partial charge in [-0.15, -0.1) is 13.2 Å². The van der Waals surface area contributed by atoms with Crippen molar-refractivity contribution >= 4 is 5.78 Å². The molecular formula is C14H25NO. The number of unbranched alkanes of at least 4 members (excludes halogenated alkanes) is 2. The second-order valence-electron chi connectivity index (χ2n) is 4.15. The highest BCUT2D eigenvalue weighted by Gasteiger charge is 2.20. The highest BCUT2D eigenvalue weighted by atomic mass is 16.1. The lowest BCUT2D eigenvalue weighted by molar-refractivity contribution is -0.122. The van der Waals surface area contributed by atoms with Crippen LogP contribution in [0, 0.1) is 0 Å². The third-order valence-electron chi connectivity index (χ3n) is 2.72. The Hall–Kier alpha value is -0.890. The molecule has 0 saturated carbocycles. The minimum Gasteiger partial charge on any atom is -0.298 e. The normalized spacial score (nSPS) is 12.4. The van der Waals surface area contributed by atoms with E-state index in [1.807, 2.05) is 12.2 Å². The Morgan fingerprint density at radius 2 is 1.81 bits per heavy atom. The van der Waals surface area contributed by atoms with Gasteiger partial charge >= 0.3 is 0 Å². The first-order valence-corrected chi connectivity index (χ1v) is 6.13. The van der Waals surface area contributed by atoms with Gasteiger partial charge in [0.05, 0.1) is 6.04 Å². The fourth-order valence-corrected chi connectivity index (χ4v) is 1.89. The highest BCUT2D eigenvalue weighted by Crippen LogP contribution is 2.11. The third-order valence-corrected chi connectivity index (χ3v) is 2.72. The Kier molecular flexibility index (Phi) is 8.82. The van der Waals surface area contributed by atoms with Gasteiger partial charge in [-0.3, -0.25) is 9.69 Å². The van der Waals surface area contributed by atoms with Crippen LogP contribution in [0.1, 0.15) is 39.5 Å². The van der Waals surface area contributed by atoms with Gasteiger partial charge in [-0.05, 0) is 13.3 Å². The molecule has 92 valence electrons. The van der Waals surface area contributed by atoms with Crippen molar-refractivity contribution in [3.63, 3.8) is 0 Å². The van der Waals surface area contributed by atoms with E-state index in [0.29, 0.717) is 0 Å². The monoisotopic (exact) mass is 223 g/mol. The van der Waals surface area contributed by atoms with Gasteiger partial charge in [-0.25, -0.2) is 0 Å². The second-order valence-corrected chi connectivity index (χ2v) is 4.15. The number of Topliss-reactive ketones (excluding diaryl/α,β-unsaturated/α-hetero) is 1. The van der Waals surface area contributed by atoms with Gasteiger partial charge in [0.25, 0.3) is 0 Å². The zero-order chi connectivity index (χ0) is 12.4. The molecule has 0 aromatic heterocycles. The van der Waals surface area contributed by atoms with Crippen molar-refractivity contribution in [3.05, 3.63) is 25.3 Å². The summed E-state index contributed by atoms with van der Waals surface area (Å²) in [5, 5.41) is 0. The van der Waals surface area contributed by atoms with Crippen LogP contribution in [0.5, 0.6) is 0 Å². The van der Waals surface area contributed by atoms with Gasteiger partial charge in [-0.1, -0.05) is 38.3 Å². The molecule has 0 saturated heterocycles. The minimum absolute atomic E-state index is 0.0301. The molecule has 0 aromatic carbocycles.